The smallest absolute Gasteiger partial charge is 0.486 e. The standard InChI is InChI=1S/C31H51BClNO5Si/c1-22(18-19-32-38-30(6,7)31(8,9)39-32)26(37-40(11,12)29(3,4)5)14-13-15-28(35)34-23(2)20-24-16-17-27(36-10)25(33)21-24/h13,15-19,21-23,26H,14,20H2,1-12H3,(H,34,35)/b15-13+,19-18+. The lowest BCUT2D eigenvalue weighted by molar-refractivity contribution is -0.117. The molecule has 0 aromatic heterocycles. The average molecular weight is 592 g/mol. The molecule has 1 aliphatic heterocycles. The van der Waals surface area contributed by atoms with Crippen molar-refractivity contribution in [1.82, 2.24) is 5.32 Å². The van der Waals surface area contributed by atoms with Gasteiger partial charge in [0.05, 0.1) is 29.4 Å². The van der Waals surface area contributed by atoms with Gasteiger partial charge in [-0.2, -0.15) is 0 Å². The Bertz CT molecular complexity index is 1050. The van der Waals surface area contributed by atoms with Crippen LogP contribution in [0.25, 0.3) is 0 Å². The van der Waals surface area contributed by atoms with Crippen molar-refractivity contribution in [3.63, 3.8) is 0 Å². The lowest BCUT2D eigenvalue weighted by Crippen LogP contribution is -2.45. The lowest BCUT2D eigenvalue weighted by Gasteiger charge is -2.40. The number of hydrogen-bond donors (Lipinski definition) is 1. The molecule has 0 saturated carbocycles. The van der Waals surface area contributed by atoms with E-state index in [2.05, 4.69) is 79.9 Å². The molecular formula is C31H51BClNO5Si. The third-order valence-electron chi connectivity index (χ3n) is 8.47. The van der Waals surface area contributed by atoms with E-state index in [1.165, 1.54) is 0 Å². The second kappa shape index (κ2) is 13.6. The highest BCUT2D eigenvalue weighted by Crippen LogP contribution is 2.39. The van der Waals surface area contributed by atoms with Gasteiger partial charge >= 0.3 is 7.12 Å². The number of nitrogens with one attached hydrogen (secondary N) is 1. The number of amides is 1. The number of rotatable bonds is 12. The molecule has 0 spiro atoms. The van der Waals surface area contributed by atoms with E-state index in [4.69, 9.17) is 30.1 Å². The molecule has 1 amide bonds. The van der Waals surface area contributed by atoms with Crippen LogP contribution < -0.4 is 10.1 Å². The third-order valence-corrected chi connectivity index (χ3v) is 13.3. The van der Waals surface area contributed by atoms with Gasteiger partial charge in [-0.3, -0.25) is 4.79 Å². The first-order valence-electron chi connectivity index (χ1n) is 14.3. The number of ether oxygens (including phenoxy) is 1. The van der Waals surface area contributed by atoms with Crippen molar-refractivity contribution < 1.29 is 23.3 Å². The Labute approximate surface area is 249 Å². The van der Waals surface area contributed by atoms with E-state index >= 15 is 0 Å². The van der Waals surface area contributed by atoms with Crippen LogP contribution in [-0.2, 0) is 25.0 Å². The van der Waals surface area contributed by atoms with Crippen LogP contribution in [0.4, 0.5) is 0 Å². The lowest BCUT2D eigenvalue weighted by atomic mass is 9.87. The first-order chi connectivity index (χ1) is 18.3. The van der Waals surface area contributed by atoms with Gasteiger partial charge in [0, 0.05) is 6.04 Å². The molecule has 0 bridgehead atoms. The van der Waals surface area contributed by atoms with Gasteiger partial charge in [0.15, 0.2) is 8.32 Å². The van der Waals surface area contributed by atoms with Gasteiger partial charge in [0.25, 0.3) is 0 Å². The molecule has 3 unspecified atom stereocenters. The Morgan fingerprint density at radius 3 is 2.27 bits per heavy atom. The fraction of sp³-hybridized carbons (Fsp3) is 0.645. The fourth-order valence-electron chi connectivity index (χ4n) is 4.12. The van der Waals surface area contributed by atoms with Gasteiger partial charge in [-0.05, 0) is 95.3 Å². The molecule has 3 atom stereocenters. The molecule has 1 fully saturated rings. The topological polar surface area (TPSA) is 66.0 Å². The summed E-state index contributed by atoms with van der Waals surface area (Å²) in [5.74, 6) is 2.60. The number of carbonyl (C=O) groups is 1. The van der Waals surface area contributed by atoms with E-state index < -0.39 is 15.4 Å². The number of halogens is 1. The van der Waals surface area contributed by atoms with Crippen molar-refractivity contribution in [3.8, 4) is 5.75 Å². The maximum Gasteiger partial charge on any atom is 0.486 e. The molecule has 1 aromatic rings. The molecule has 1 aromatic carbocycles. The minimum absolute atomic E-state index is 0.0531. The Morgan fingerprint density at radius 1 is 1.15 bits per heavy atom. The van der Waals surface area contributed by atoms with Crippen molar-refractivity contribution >= 4 is 32.9 Å². The van der Waals surface area contributed by atoms with Crippen molar-refractivity contribution in [3.05, 3.63) is 53.0 Å². The van der Waals surface area contributed by atoms with Gasteiger partial charge in [0.1, 0.15) is 5.75 Å². The molecule has 1 saturated heterocycles. The normalized spacial score (nSPS) is 19.7. The van der Waals surface area contributed by atoms with Crippen molar-refractivity contribution in [2.24, 2.45) is 5.92 Å². The Morgan fingerprint density at radius 2 is 1.75 bits per heavy atom. The molecule has 2 rings (SSSR count). The van der Waals surface area contributed by atoms with E-state index in [0.29, 0.717) is 23.6 Å². The largest absolute Gasteiger partial charge is 0.495 e. The SMILES string of the molecule is COc1ccc(CC(C)NC(=O)/C=C/CC(O[Si](C)(C)C(C)(C)C)C(C)/C=C/B2OC(C)(C)C(C)(C)O2)cc1Cl. The minimum Gasteiger partial charge on any atom is -0.495 e. The van der Waals surface area contributed by atoms with Gasteiger partial charge in [-0.1, -0.05) is 63.5 Å². The first kappa shape index (κ1) is 34.6. The summed E-state index contributed by atoms with van der Waals surface area (Å²) in [5.41, 5.74) is 0.276. The summed E-state index contributed by atoms with van der Waals surface area (Å²) in [6, 6.07) is 5.63. The van der Waals surface area contributed by atoms with E-state index in [1.54, 1.807) is 13.2 Å². The van der Waals surface area contributed by atoms with Gasteiger partial charge < -0.3 is 23.8 Å². The van der Waals surface area contributed by atoms with Crippen molar-refractivity contribution in [1.29, 1.82) is 0 Å². The summed E-state index contributed by atoms with van der Waals surface area (Å²) in [7, 11) is -0.853. The highest BCUT2D eigenvalue weighted by atomic mass is 35.5. The Balaban J connectivity index is 2.05. The number of benzene rings is 1. The van der Waals surface area contributed by atoms with Gasteiger partial charge in [-0.15, -0.1) is 0 Å². The maximum atomic E-state index is 12.7. The van der Waals surface area contributed by atoms with Gasteiger partial charge in [0.2, 0.25) is 5.91 Å². The summed E-state index contributed by atoms with van der Waals surface area (Å²) in [4.78, 5) is 12.7. The first-order valence-corrected chi connectivity index (χ1v) is 17.6. The van der Waals surface area contributed by atoms with Crippen molar-refractivity contribution in [2.45, 2.75) is 117 Å². The molecule has 0 radical (unpaired) electrons. The monoisotopic (exact) mass is 591 g/mol. The number of hydrogen-bond acceptors (Lipinski definition) is 5. The number of carbonyl (C=O) groups excluding carboxylic acids is 1. The second-order valence-corrected chi connectivity index (χ2v) is 18.7. The van der Waals surface area contributed by atoms with Crippen LogP contribution in [0.15, 0.2) is 42.4 Å². The molecule has 40 heavy (non-hydrogen) atoms. The van der Waals surface area contributed by atoms with E-state index in [-0.39, 0.29) is 40.2 Å². The zero-order chi connectivity index (χ0) is 30.5. The fourth-order valence-corrected chi connectivity index (χ4v) is 5.83. The summed E-state index contributed by atoms with van der Waals surface area (Å²) in [5, 5.41) is 3.68. The summed E-state index contributed by atoms with van der Waals surface area (Å²) in [6.07, 6.45) is 6.87. The van der Waals surface area contributed by atoms with E-state index in [9.17, 15) is 4.79 Å². The van der Waals surface area contributed by atoms with Crippen molar-refractivity contribution in [2.75, 3.05) is 7.11 Å². The zero-order valence-corrected chi connectivity index (χ0v) is 28.4. The molecule has 0 aliphatic carbocycles. The maximum absolute atomic E-state index is 12.7. The average Bonchev–Trinajstić information content (AvgIpc) is 3.01. The van der Waals surface area contributed by atoms with E-state index in [1.807, 2.05) is 37.2 Å². The predicted octanol–water partition coefficient (Wildman–Crippen LogP) is 7.56. The van der Waals surface area contributed by atoms with Crippen LogP contribution in [-0.4, -0.2) is 51.8 Å². The Kier molecular flexibility index (Phi) is 11.8. The summed E-state index contributed by atoms with van der Waals surface area (Å²) in [6.45, 7) is 23.6. The third kappa shape index (κ3) is 9.48. The molecular weight excluding hydrogens is 541 g/mol. The van der Waals surface area contributed by atoms with Crippen LogP contribution in [0.5, 0.6) is 5.75 Å². The second-order valence-electron chi connectivity index (χ2n) is 13.5. The van der Waals surface area contributed by atoms with E-state index in [0.717, 1.165) is 5.56 Å². The highest BCUT2D eigenvalue weighted by molar-refractivity contribution is 6.74. The molecule has 6 nitrogen and oxygen atoms in total. The number of methoxy groups -OCH3 is 1. The zero-order valence-electron chi connectivity index (χ0n) is 26.7. The molecule has 1 N–H and O–H groups in total. The summed E-state index contributed by atoms with van der Waals surface area (Å²) >= 11 is 6.25. The summed E-state index contributed by atoms with van der Waals surface area (Å²) < 4.78 is 24.3. The van der Waals surface area contributed by atoms with Crippen LogP contribution >= 0.6 is 11.6 Å². The van der Waals surface area contributed by atoms with Crippen LogP contribution in [0.3, 0.4) is 0 Å². The van der Waals surface area contributed by atoms with Gasteiger partial charge in [-0.25, -0.2) is 0 Å². The van der Waals surface area contributed by atoms with Crippen LogP contribution in [0.2, 0.25) is 23.2 Å². The predicted molar refractivity (Wildman–Crippen MR) is 170 cm³/mol. The molecule has 224 valence electrons. The Hall–Kier alpha value is -1.58. The minimum atomic E-state index is -2.05. The van der Waals surface area contributed by atoms with Crippen LogP contribution in [0, 0.1) is 5.92 Å². The molecule has 9 heteroatoms. The molecule has 1 aliphatic rings. The quantitative estimate of drug-likeness (QED) is 0.201. The molecule has 1 heterocycles. The highest BCUT2D eigenvalue weighted by Gasteiger charge is 2.50. The van der Waals surface area contributed by atoms with Crippen LogP contribution in [0.1, 0.15) is 74.3 Å².